The van der Waals surface area contributed by atoms with Crippen LogP contribution >= 0.6 is 12.6 Å². The molecule has 0 amide bonds. The van der Waals surface area contributed by atoms with E-state index in [9.17, 15) is 13.2 Å². The Balaban J connectivity index is 2.36. The third-order valence-corrected chi connectivity index (χ3v) is 4.51. The molecule has 0 radical (unpaired) electrons. The number of hydrogen-bond donors (Lipinski definition) is 1. The molecule has 0 aliphatic carbocycles. The molecule has 1 aromatic rings. The van der Waals surface area contributed by atoms with Gasteiger partial charge in [-0.3, -0.25) is 0 Å². The maximum absolute atomic E-state index is 13.8. The Bertz CT molecular complexity index is 601. The van der Waals surface area contributed by atoms with Crippen molar-refractivity contribution in [1.29, 1.82) is 0 Å². The minimum atomic E-state index is -1.50. The molecule has 7 heteroatoms. The second-order valence-electron chi connectivity index (χ2n) is 6.23. The van der Waals surface area contributed by atoms with E-state index in [0.717, 1.165) is 6.07 Å². The normalized spacial score (nSPS) is 20.5. The van der Waals surface area contributed by atoms with Gasteiger partial charge in [-0.25, -0.2) is 13.2 Å². The summed E-state index contributed by atoms with van der Waals surface area (Å²) in [4.78, 5) is 0. The molecule has 1 aliphatic rings. The molecule has 1 aliphatic heterocycles. The van der Waals surface area contributed by atoms with E-state index in [-0.39, 0.29) is 11.3 Å². The monoisotopic (exact) mass is 330 g/mol. The van der Waals surface area contributed by atoms with Crippen LogP contribution in [-0.2, 0) is 9.31 Å². The van der Waals surface area contributed by atoms with Gasteiger partial charge < -0.3 is 9.31 Å². The summed E-state index contributed by atoms with van der Waals surface area (Å²) in [7, 11) is -0.713. The van der Waals surface area contributed by atoms with Crippen molar-refractivity contribution in [2.24, 2.45) is 0 Å². The average molecular weight is 330 g/mol. The van der Waals surface area contributed by atoms with E-state index in [1.54, 1.807) is 0 Å². The third kappa shape index (κ3) is 3.07. The van der Waals surface area contributed by atoms with Crippen molar-refractivity contribution < 1.29 is 22.5 Å². The molecular formula is C15H18BF3O2S. The highest BCUT2D eigenvalue weighted by molar-refractivity contribution is 7.80. The summed E-state index contributed by atoms with van der Waals surface area (Å²) in [6.07, 6.45) is 1.38. The molecule has 0 spiro atoms. The first-order valence-electron chi connectivity index (χ1n) is 6.89. The molecule has 0 atom stereocenters. The van der Waals surface area contributed by atoms with Crippen LogP contribution in [0.2, 0.25) is 0 Å². The number of benzene rings is 1. The van der Waals surface area contributed by atoms with Crippen molar-refractivity contribution in [1.82, 2.24) is 0 Å². The van der Waals surface area contributed by atoms with Gasteiger partial charge in [-0.2, -0.15) is 12.6 Å². The fraction of sp³-hybridized carbons (Fsp3) is 0.467. The molecular weight excluding hydrogens is 312 g/mol. The highest BCUT2D eigenvalue weighted by atomic mass is 32.1. The Morgan fingerprint density at radius 2 is 1.64 bits per heavy atom. The summed E-state index contributed by atoms with van der Waals surface area (Å²) in [6, 6.07) is 2.05. The molecule has 120 valence electrons. The Kier molecular flexibility index (Phi) is 4.71. The first-order valence-corrected chi connectivity index (χ1v) is 7.53. The largest absolute Gasteiger partial charge is 0.491 e. The second kappa shape index (κ2) is 5.94. The lowest BCUT2D eigenvalue weighted by atomic mass is 9.78. The Hall–Kier alpha value is -0.915. The van der Waals surface area contributed by atoms with Crippen LogP contribution in [0.3, 0.4) is 0 Å². The molecule has 0 bridgehead atoms. The third-order valence-electron chi connectivity index (χ3n) is 4.14. The smallest absolute Gasteiger partial charge is 0.400 e. The minimum absolute atomic E-state index is 0.0716. The first kappa shape index (κ1) is 17.4. The number of hydrogen-bond acceptors (Lipinski definition) is 3. The van der Waals surface area contributed by atoms with Gasteiger partial charge in [-0.15, -0.1) is 0 Å². The van der Waals surface area contributed by atoms with Gasteiger partial charge in [0, 0.05) is 11.3 Å². The molecule has 0 N–H and O–H groups in total. The highest BCUT2D eigenvalue weighted by Crippen LogP contribution is 2.39. The van der Waals surface area contributed by atoms with Gasteiger partial charge in [0.2, 0.25) is 0 Å². The molecule has 0 unspecified atom stereocenters. The van der Waals surface area contributed by atoms with Crippen molar-refractivity contribution in [2.45, 2.75) is 38.9 Å². The number of halogens is 3. The molecule has 0 aromatic heterocycles. The van der Waals surface area contributed by atoms with Crippen molar-refractivity contribution in [3.63, 3.8) is 0 Å². The summed E-state index contributed by atoms with van der Waals surface area (Å²) >= 11 is 4.20. The summed E-state index contributed by atoms with van der Waals surface area (Å²) in [6.45, 7) is 7.56. The molecule has 1 heterocycles. The fourth-order valence-corrected chi connectivity index (χ4v) is 2.28. The summed E-state index contributed by atoms with van der Waals surface area (Å²) < 4.78 is 51.8. The maximum atomic E-state index is 13.8. The van der Waals surface area contributed by atoms with Crippen LogP contribution in [0.1, 0.15) is 33.3 Å². The Morgan fingerprint density at radius 3 is 2.14 bits per heavy atom. The predicted octanol–water partition coefficient (Wildman–Crippen LogP) is 4.05. The van der Waals surface area contributed by atoms with E-state index >= 15 is 0 Å². The van der Waals surface area contributed by atoms with E-state index in [2.05, 4.69) is 12.6 Å². The molecule has 2 rings (SSSR count). The van der Waals surface area contributed by atoms with Gasteiger partial charge >= 0.3 is 7.12 Å². The molecule has 2 nitrogen and oxygen atoms in total. The van der Waals surface area contributed by atoms with Gasteiger partial charge in [-0.1, -0.05) is 6.08 Å². The van der Waals surface area contributed by atoms with Crippen LogP contribution in [0.25, 0.3) is 6.08 Å². The van der Waals surface area contributed by atoms with Crippen LogP contribution < -0.4 is 0 Å². The molecule has 1 saturated heterocycles. The SMILES string of the molecule is CC1(C)OB(C(=Cc2ccc(F)c(F)c2F)CS)OC1(C)C. The summed E-state index contributed by atoms with van der Waals surface area (Å²) in [5.74, 6) is -3.73. The number of rotatable bonds is 3. The molecule has 1 fully saturated rings. The van der Waals surface area contributed by atoms with Crippen LogP contribution in [0.4, 0.5) is 13.2 Å². The predicted molar refractivity (Wildman–Crippen MR) is 84.2 cm³/mol. The first-order chi connectivity index (χ1) is 10.1. The quantitative estimate of drug-likeness (QED) is 0.512. The fourth-order valence-electron chi connectivity index (χ4n) is 2.03. The lowest BCUT2D eigenvalue weighted by Crippen LogP contribution is -2.41. The maximum Gasteiger partial charge on any atom is 0.491 e. The van der Waals surface area contributed by atoms with Gasteiger partial charge in [0.05, 0.1) is 11.2 Å². The summed E-state index contributed by atoms with van der Waals surface area (Å²) in [5, 5.41) is 0. The zero-order valence-corrected chi connectivity index (χ0v) is 13.8. The lowest BCUT2D eigenvalue weighted by molar-refractivity contribution is 0.00578. The Labute approximate surface area is 134 Å². The minimum Gasteiger partial charge on any atom is -0.400 e. The molecule has 0 saturated carbocycles. The van der Waals surface area contributed by atoms with Crippen molar-refractivity contribution >= 4 is 25.8 Å². The van der Waals surface area contributed by atoms with Gasteiger partial charge in [-0.05, 0) is 45.3 Å². The van der Waals surface area contributed by atoms with E-state index in [4.69, 9.17) is 9.31 Å². The second-order valence-corrected chi connectivity index (χ2v) is 6.55. The van der Waals surface area contributed by atoms with Crippen LogP contribution in [0, 0.1) is 17.5 Å². The van der Waals surface area contributed by atoms with Gasteiger partial charge in [0.15, 0.2) is 17.5 Å². The van der Waals surface area contributed by atoms with Crippen molar-refractivity contribution in [2.75, 3.05) is 5.75 Å². The summed E-state index contributed by atoms with van der Waals surface area (Å²) in [5.41, 5.74) is -0.636. The van der Waals surface area contributed by atoms with Crippen LogP contribution in [0.15, 0.2) is 17.6 Å². The zero-order chi connectivity index (χ0) is 16.7. The van der Waals surface area contributed by atoms with Crippen molar-refractivity contribution in [3.8, 4) is 0 Å². The van der Waals surface area contributed by atoms with E-state index in [0.29, 0.717) is 5.47 Å². The van der Waals surface area contributed by atoms with E-state index < -0.39 is 35.8 Å². The van der Waals surface area contributed by atoms with Gasteiger partial charge in [0.25, 0.3) is 0 Å². The zero-order valence-electron chi connectivity index (χ0n) is 12.9. The van der Waals surface area contributed by atoms with Crippen LogP contribution in [0.5, 0.6) is 0 Å². The van der Waals surface area contributed by atoms with Crippen LogP contribution in [-0.4, -0.2) is 24.1 Å². The highest BCUT2D eigenvalue weighted by Gasteiger charge is 2.52. The molecule has 1 aromatic carbocycles. The number of thiol groups is 1. The van der Waals surface area contributed by atoms with Gasteiger partial charge in [0.1, 0.15) is 0 Å². The average Bonchev–Trinajstić information content (AvgIpc) is 2.64. The molecule has 22 heavy (non-hydrogen) atoms. The van der Waals surface area contributed by atoms with Crippen molar-refractivity contribution in [3.05, 3.63) is 40.6 Å². The van der Waals surface area contributed by atoms with E-state index in [1.807, 2.05) is 27.7 Å². The topological polar surface area (TPSA) is 18.5 Å². The standard InChI is InChI=1S/C15H18BF3O2S/c1-14(2)15(3,4)21-16(20-14)10(8-22)7-9-5-6-11(17)13(19)12(9)18/h5-7,22H,8H2,1-4H3. The van der Waals surface area contributed by atoms with E-state index in [1.165, 1.54) is 12.1 Å². The lowest BCUT2D eigenvalue weighted by Gasteiger charge is -2.32. The Morgan fingerprint density at radius 1 is 1.09 bits per heavy atom.